The normalized spacial score (nSPS) is 22.7. The van der Waals surface area contributed by atoms with Crippen LogP contribution >= 0.6 is 0 Å². The minimum absolute atomic E-state index is 0.229. The topological polar surface area (TPSA) is 212 Å². The van der Waals surface area contributed by atoms with E-state index in [9.17, 15) is 38.7 Å². The van der Waals surface area contributed by atoms with Gasteiger partial charge < -0.3 is 40.3 Å². The molecule has 0 saturated carbocycles. The fourth-order valence-electron chi connectivity index (χ4n) is 6.10. The zero-order valence-corrected chi connectivity index (χ0v) is 34.2. The van der Waals surface area contributed by atoms with Crippen molar-refractivity contribution in [3.63, 3.8) is 0 Å². The summed E-state index contributed by atoms with van der Waals surface area (Å²) in [5.74, 6) is -0.723. The first-order valence-corrected chi connectivity index (χ1v) is 22.0. The van der Waals surface area contributed by atoms with E-state index in [0.29, 0.717) is 12.8 Å². The number of unbranched alkanes of at least 4 members (excludes halogenated alkanes) is 15. The van der Waals surface area contributed by atoms with Gasteiger partial charge in [-0.15, -0.1) is 0 Å². The van der Waals surface area contributed by atoms with Gasteiger partial charge in [-0.3, -0.25) is 9.35 Å². The van der Waals surface area contributed by atoms with Gasteiger partial charge >= 0.3 is 10.4 Å². The molecule has 1 saturated heterocycles. The van der Waals surface area contributed by atoms with Gasteiger partial charge in [-0.2, -0.15) is 8.42 Å². The lowest BCUT2D eigenvalue weighted by Gasteiger charge is -2.41. The molecule has 1 fully saturated rings. The average molecular weight is 804 g/mol. The predicted octanol–water partition coefficient (Wildman–Crippen LogP) is 5.90. The molecular formula is C41H73NO12S. The molecule has 1 aliphatic heterocycles. The Labute approximate surface area is 330 Å². The minimum atomic E-state index is -5.12. The molecule has 1 rings (SSSR count). The highest BCUT2D eigenvalue weighted by molar-refractivity contribution is 7.80. The molecule has 55 heavy (non-hydrogen) atoms. The minimum Gasteiger partial charge on any atom is -0.394 e. The Balaban J connectivity index is 2.57. The van der Waals surface area contributed by atoms with Gasteiger partial charge in [0.15, 0.2) is 6.29 Å². The second kappa shape index (κ2) is 32.0. The lowest BCUT2D eigenvalue weighted by molar-refractivity contribution is -0.298. The van der Waals surface area contributed by atoms with Crippen molar-refractivity contribution in [1.82, 2.24) is 5.32 Å². The van der Waals surface area contributed by atoms with E-state index >= 15 is 0 Å². The number of aliphatic hydroxyl groups is 5. The van der Waals surface area contributed by atoms with Crippen molar-refractivity contribution in [2.45, 2.75) is 191 Å². The van der Waals surface area contributed by atoms with Gasteiger partial charge in [0.2, 0.25) is 5.91 Å². The van der Waals surface area contributed by atoms with Gasteiger partial charge in [0.05, 0.1) is 25.4 Å². The maximum absolute atomic E-state index is 13.0. The van der Waals surface area contributed by atoms with E-state index in [0.717, 1.165) is 64.2 Å². The fourth-order valence-corrected chi connectivity index (χ4v) is 6.61. The molecule has 0 aromatic carbocycles. The van der Waals surface area contributed by atoms with Gasteiger partial charge in [-0.25, -0.2) is 4.18 Å². The number of allylic oxidation sites excluding steroid dienone is 7. The standard InChI is InChI=1S/C41H73NO12S/c1-3-5-7-9-11-13-14-15-16-17-18-19-20-21-22-24-26-28-30-35(45)40(48)42-33(34(44)29-27-25-23-12-10-8-6-4-2)32-52-41-38(47)39(54-55(49,50)51)37(46)36(31-43)53-41/h10-15,27,29,33-39,41,43-47H,3-9,16-26,28,30-32H2,1-2H3,(H,42,48)(H,49,50,51)/b12-10+,13-11-,15-14-,29-27+. The zero-order valence-electron chi connectivity index (χ0n) is 33.3. The molecule has 0 aromatic rings. The molecule has 7 N–H and O–H groups in total. The second-order valence-corrected chi connectivity index (χ2v) is 15.4. The van der Waals surface area contributed by atoms with Crippen LogP contribution in [0.4, 0.5) is 0 Å². The molecule has 0 bridgehead atoms. The summed E-state index contributed by atoms with van der Waals surface area (Å²) in [4.78, 5) is 13.0. The molecule has 1 amide bonds. The van der Waals surface area contributed by atoms with E-state index < -0.39 is 78.5 Å². The molecular weight excluding hydrogens is 731 g/mol. The third kappa shape index (κ3) is 25.1. The average Bonchev–Trinajstić information content (AvgIpc) is 3.15. The largest absolute Gasteiger partial charge is 0.397 e. The van der Waals surface area contributed by atoms with Crippen molar-refractivity contribution >= 4 is 16.3 Å². The summed E-state index contributed by atoms with van der Waals surface area (Å²) in [7, 11) is -5.12. The van der Waals surface area contributed by atoms with Crippen molar-refractivity contribution in [2.75, 3.05) is 13.2 Å². The van der Waals surface area contributed by atoms with Crippen LogP contribution in [0.5, 0.6) is 0 Å². The quantitative estimate of drug-likeness (QED) is 0.0179. The van der Waals surface area contributed by atoms with Crippen molar-refractivity contribution in [2.24, 2.45) is 0 Å². The Morgan fingerprint density at radius 1 is 0.745 bits per heavy atom. The first-order chi connectivity index (χ1) is 26.4. The summed E-state index contributed by atoms with van der Waals surface area (Å²) in [6, 6.07) is -1.14. The molecule has 0 aromatic heterocycles. The number of nitrogens with one attached hydrogen (secondary N) is 1. The Hall–Kier alpha value is -1.98. The highest BCUT2D eigenvalue weighted by Crippen LogP contribution is 2.26. The molecule has 1 heterocycles. The number of ether oxygens (including phenoxy) is 2. The van der Waals surface area contributed by atoms with Crippen molar-refractivity contribution < 1.29 is 57.0 Å². The first-order valence-electron chi connectivity index (χ1n) is 20.6. The molecule has 0 spiro atoms. The number of hydrogen-bond acceptors (Lipinski definition) is 11. The smallest absolute Gasteiger partial charge is 0.394 e. The van der Waals surface area contributed by atoms with Gasteiger partial charge in [0.25, 0.3) is 0 Å². The van der Waals surface area contributed by atoms with E-state index in [2.05, 4.69) is 59.8 Å². The fraction of sp³-hybridized carbons (Fsp3) is 0.780. The summed E-state index contributed by atoms with van der Waals surface area (Å²) in [5.41, 5.74) is 0. The van der Waals surface area contributed by atoms with Crippen LogP contribution < -0.4 is 5.32 Å². The monoisotopic (exact) mass is 803 g/mol. The third-order valence-corrected chi connectivity index (χ3v) is 9.93. The lowest BCUT2D eigenvalue weighted by atomic mass is 9.99. The number of carbonyl (C=O) groups is 1. The highest BCUT2D eigenvalue weighted by Gasteiger charge is 2.48. The van der Waals surface area contributed by atoms with Gasteiger partial charge in [-0.1, -0.05) is 140 Å². The predicted molar refractivity (Wildman–Crippen MR) is 214 cm³/mol. The van der Waals surface area contributed by atoms with Crippen LogP contribution in [-0.2, 0) is 28.9 Å². The Kier molecular flexibility index (Phi) is 29.7. The number of rotatable bonds is 33. The van der Waals surface area contributed by atoms with Gasteiger partial charge in [-0.05, 0) is 51.4 Å². The molecule has 13 nitrogen and oxygen atoms in total. The summed E-state index contributed by atoms with van der Waals surface area (Å²) in [5, 5.41) is 54.8. The molecule has 14 heteroatoms. The van der Waals surface area contributed by atoms with Crippen LogP contribution in [-0.4, -0.2) is 107 Å². The highest BCUT2D eigenvalue weighted by atomic mass is 32.3. The maximum atomic E-state index is 13.0. The van der Waals surface area contributed by atoms with E-state index in [-0.39, 0.29) is 6.42 Å². The van der Waals surface area contributed by atoms with Crippen molar-refractivity contribution in [3.05, 3.63) is 48.6 Å². The van der Waals surface area contributed by atoms with E-state index in [4.69, 9.17) is 14.0 Å². The van der Waals surface area contributed by atoms with E-state index in [1.807, 2.05) is 0 Å². The second-order valence-electron chi connectivity index (χ2n) is 14.4. The van der Waals surface area contributed by atoms with Crippen LogP contribution in [0.25, 0.3) is 0 Å². The van der Waals surface area contributed by atoms with Crippen LogP contribution in [0.1, 0.15) is 142 Å². The molecule has 0 aliphatic carbocycles. The van der Waals surface area contributed by atoms with Crippen LogP contribution in [0, 0.1) is 0 Å². The molecule has 0 radical (unpaired) electrons. The summed E-state index contributed by atoms with van der Waals surface area (Å²) in [6.07, 6.45) is 25.2. The third-order valence-electron chi connectivity index (χ3n) is 9.47. The lowest BCUT2D eigenvalue weighted by Crippen LogP contribution is -2.61. The maximum Gasteiger partial charge on any atom is 0.397 e. The summed E-state index contributed by atoms with van der Waals surface area (Å²) < 4.78 is 47.2. The SMILES string of the molecule is CCCC/C=C/CC/C=C/C(O)C(COC1OC(CO)C(O)C(OS(=O)(=O)O)C1O)NC(=O)C(O)CCCCCCCCCCC/C=C\C=C/CCCCC. The van der Waals surface area contributed by atoms with Gasteiger partial charge in [0.1, 0.15) is 30.5 Å². The van der Waals surface area contributed by atoms with Crippen LogP contribution in [0.3, 0.4) is 0 Å². The Bertz CT molecular complexity index is 1190. The van der Waals surface area contributed by atoms with Crippen molar-refractivity contribution in [3.8, 4) is 0 Å². The Morgan fingerprint density at radius 2 is 1.29 bits per heavy atom. The van der Waals surface area contributed by atoms with Crippen LogP contribution in [0.2, 0.25) is 0 Å². The van der Waals surface area contributed by atoms with Crippen molar-refractivity contribution in [1.29, 1.82) is 0 Å². The van der Waals surface area contributed by atoms with E-state index in [1.54, 1.807) is 6.08 Å². The van der Waals surface area contributed by atoms with Gasteiger partial charge in [0, 0.05) is 0 Å². The number of aliphatic hydroxyl groups excluding tert-OH is 5. The summed E-state index contributed by atoms with van der Waals surface area (Å²) in [6.45, 7) is 3.05. The molecule has 8 atom stereocenters. The van der Waals surface area contributed by atoms with E-state index in [1.165, 1.54) is 51.0 Å². The molecule has 8 unspecified atom stereocenters. The number of amides is 1. The Morgan fingerprint density at radius 3 is 1.89 bits per heavy atom. The first kappa shape index (κ1) is 51.0. The number of hydrogen-bond donors (Lipinski definition) is 7. The van der Waals surface area contributed by atoms with Crippen LogP contribution in [0.15, 0.2) is 48.6 Å². The molecule has 320 valence electrons. The molecule has 1 aliphatic rings. The number of carbonyl (C=O) groups excluding carboxylic acids is 1. The summed E-state index contributed by atoms with van der Waals surface area (Å²) >= 11 is 0. The zero-order chi connectivity index (χ0) is 40.7.